The minimum absolute atomic E-state index is 0.354. The zero-order valence-corrected chi connectivity index (χ0v) is 18.0. The highest BCUT2D eigenvalue weighted by Crippen LogP contribution is 2.47. The van der Waals surface area contributed by atoms with Crippen molar-refractivity contribution in [1.82, 2.24) is 0 Å². The molecule has 0 saturated heterocycles. The van der Waals surface area contributed by atoms with Gasteiger partial charge in [0, 0.05) is 12.1 Å². The van der Waals surface area contributed by atoms with E-state index in [1.165, 1.54) is 0 Å². The molecule has 0 radical (unpaired) electrons. The summed E-state index contributed by atoms with van der Waals surface area (Å²) in [6.07, 6.45) is 0. The Kier molecular flexibility index (Phi) is 5.58. The van der Waals surface area contributed by atoms with Gasteiger partial charge in [-0.25, -0.2) is 20.2 Å². The SMILES string of the molecule is O=C1c2c([N+](=O)[O-])cc(Br)c(N[N+](=O)[O-])c2C(=O)c2c([N+](=O)[O-])cc(Br)c(N[N+](=O)[O-])c21. The average molecular weight is 576 g/mol. The van der Waals surface area contributed by atoms with E-state index in [9.17, 15) is 50.0 Å². The molecule has 2 N–H and O–H groups in total. The van der Waals surface area contributed by atoms with Crippen molar-refractivity contribution in [3.63, 3.8) is 0 Å². The third-order valence-electron chi connectivity index (χ3n) is 4.22. The van der Waals surface area contributed by atoms with Crippen molar-refractivity contribution in [2.45, 2.75) is 0 Å². The number of nitro groups is 4. The molecule has 0 fully saturated rings. The van der Waals surface area contributed by atoms with Crippen LogP contribution in [0.15, 0.2) is 21.1 Å². The first-order chi connectivity index (χ1) is 14.9. The first kappa shape index (κ1) is 22.6. The van der Waals surface area contributed by atoms with Gasteiger partial charge in [0.15, 0.2) is 10.1 Å². The number of rotatable bonds is 6. The molecule has 0 aliphatic heterocycles. The highest BCUT2D eigenvalue weighted by atomic mass is 79.9. The molecule has 0 bridgehead atoms. The van der Waals surface area contributed by atoms with E-state index < -0.39 is 76.5 Å². The summed E-state index contributed by atoms with van der Waals surface area (Å²) in [7, 11) is 0. The summed E-state index contributed by atoms with van der Waals surface area (Å²) in [5.41, 5.74) is -3.60. The van der Waals surface area contributed by atoms with Crippen LogP contribution in [0.3, 0.4) is 0 Å². The van der Waals surface area contributed by atoms with Crippen molar-refractivity contribution in [2.75, 3.05) is 10.9 Å². The molecule has 0 saturated carbocycles. The summed E-state index contributed by atoms with van der Waals surface area (Å²) in [6.45, 7) is 0. The Morgan fingerprint density at radius 1 is 0.625 bits per heavy atom. The van der Waals surface area contributed by atoms with Crippen LogP contribution < -0.4 is 10.9 Å². The molecule has 0 heterocycles. The van der Waals surface area contributed by atoms with E-state index in [0.717, 1.165) is 0 Å². The average Bonchev–Trinajstić information content (AvgIpc) is 2.67. The van der Waals surface area contributed by atoms with Crippen molar-refractivity contribution in [3.05, 3.63) is 83.8 Å². The molecule has 16 nitrogen and oxygen atoms in total. The smallest absolute Gasteiger partial charge is 0.282 e. The fourth-order valence-corrected chi connectivity index (χ4v) is 4.13. The summed E-state index contributed by atoms with van der Waals surface area (Å²) in [6, 6.07) is 1.43. The first-order valence-electron chi connectivity index (χ1n) is 7.80. The van der Waals surface area contributed by atoms with Crippen molar-refractivity contribution in [1.29, 1.82) is 0 Å². The van der Waals surface area contributed by atoms with Gasteiger partial charge in [0.05, 0.1) is 29.9 Å². The maximum absolute atomic E-state index is 13.3. The molecule has 0 unspecified atom stereocenters. The Hall–Kier alpha value is -4.06. The number of benzene rings is 2. The predicted molar refractivity (Wildman–Crippen MR) is 110 cm³/mol. The van der Waals surface area contributed by atoms with Gasteiger partial charge in [-0.2, -0.15) is 0 Å². The van der Waals surface area contributed by atoms with Gasteiger partial charge >= 0.3 is 0 Å². The predicted octanol–water partition coefficient (Wildman–Crippen LogP) is 3.01. The maximum Gasteiger partial charge on any atom is 0.282 e. The number of nitrogens with zero attached hydrogens (tertiary/aromatic N) is 4. The molecule has 1 aliphatic rings. The molecule has 3 rings (SSSR count). The van der Waals surface area contributed by atoms with Gasteiger partial charge in [-0.3, -0.25) is 29.8 Å². The third kappa shape index (κ3) is 3.50. The van der Waals surface area contributed by atoms with Gasteiger partial charge in [0.2, 0.25) is 11.6 Å². The van der Waals surface area contributed by atoms with Crippen LogP contribution in [0.4, 0.5) is 22.7 Å². The molecule has 1 aliphatic carbocycles. The molecule has 32 heavy (non-hydrogen) atoms. The molecular weight excluding hydrogens is 572 g/mol. The van der Waals surface area contributed by atoms with Crippen LogP contribution in [-0.4, -0.2) is 31.5 Å². The summed E-state index contributed by atoms with van der Waals surface area (Å²) < 4.78 is -0.708. The van der Waals surface area contributed by atoms with E-state index in [2.05, 4.69) is 31.9 Å². The number of hydrazine groups is 2. The Balaban J connectivity index is 2.54. The summed E-state index contributed by atoms with van der Waals surface area (Å²) in [4.78, 5) is 69.6. The lowest BCUT2D eigenvalue weighted by atomic mass is 9.80. The largest absolute Gasteiger partial charge is 0.288 e. The van der Waals surface area contributed by atoms with E-state index >= 15 is 0 Å². The number of nitro benzene ring substituents is 2. The van der Waals surface area contributed by atoms with Crippen LogP contribution in [0.25, 0.3) is 0 Å². The van der Waals surface area contributed by atoms with Crippen LogP contribution in [0, 0.1) is 40.5 Å². The molecule has 2 aromatic rings. The van der Waals surface area contributed by atoms with Crippen LogP contribution in [0.1, 0.15) is 31.8 Å². The molecule has 0 atom stereocenters. The van der Waals surface area contributed by atoms with Crippen LogP contribution in [0.5, 0.6) is 0 Å². The summed E-state index contributed by atoms with van der Waals surface area (Å²) in [5, 5.41) is 42.9. The van der Waals surface area contributed by atoms with Crippen molar-refractivity contribution >= 4 is 66.2 Å². The first-order valence-corrected chi connectivity index (χ1v) is 9.38. The second-order valence-electron chi connectivity index (χ2n) is 5.92. The highest BCUT2D eigenvalue weighted by molar-refractivity contribution is 9.11. The number of anilines is 2. The number of carbonyl (C=O) groups is 2. The van der Waals surface area contributed by atoms with Gasteiger partial charge < -0.3 is 0 Å². The van der Waals surface area contributed by atoms with Gasteiger partial charge in [-0.05, 0) is 31.9 Å². The Morgan fingerprint density at radius 2 is 0.938 bits per heavy atom. The highest BCUT2D eigenvalue weighted by Gasteiger charge is 2.45. The molecule has 0 amide bonds. The fraction of sp³-hybridized carbons (Fsp3) is 0. The Morgan fingerprint density at radius 3 is 1.19 bits per heavy atom. The zero-order valence-electron chi connectivity index (χ0n) is 14.8. The number of hydrogen-bond donors (Lipinski definition) is 2. The van der Waals surface area contributed by atoms with E-state index in [-0.39, 0.29) is 8.95 Å². The normalized spacial score (nSPS) is 11.9. The van der Waals surface area contributed by atoms with Gasteiger partial charge in [-0.15, -0.1) is 10.9 Å². The number of nitrogens with one attached hydrogen (secondary N) is 2. The van der Waals surface area contributed by atoms with Gasteiger partial charge in [-0.1, -0.05) is 0 Å². The minimum atomic E-state index is -1.37. The van der Waals surface area contributed by atoms with Crippen molar-refractivity contribution in [2.24, 2.45) is 0 Å². The van der Waals surface area contributed by atoms with Crippen LogP contribution in [-0.2, 0) is 0 Å². The molecule has 0 aromatic heterocycles. The van der Waals surface area contributed by atoms with E-state index in [1.54, 1.807) is 10.9 Å². The zero-order chi connectivity index (χ0) is 24.1. The summed E-state index contributed by atoms with van der Waals surface area (Å²) in [5.74, 6) is -2.73. The lowest BCUT2D eigenvalue weighted by Crippen LogP contribution is -2.28. The molecule has 2 aromatic carbocycles. The van der Waals surface area contributed by atoms with Gasteiger partial charge in [0.1, 0.15) is 22.5 Å². The lowest BCUT2D eigenvalue weighted by Gasteiger charge is -2.21. The van der Waals surface area contributed by atoms with Gasteiger partial charge in [0.25, 0.3) is 11.4 Å². The molecule has 164 valence electrons. The van der Waals surface area contributed by atoms with E-state index in [1.807, 2.05) is 0 Å². The second kappa shape index (κ2) is 7.89. The third-order valence-corrected chi connectivity index (χ3v) is 5.48. The second-order valence-corrected chi connectivity index (χ2v) is 7.62. The fourth-order valence-electron chi connectivity index (χ4n) is 3.13. The van der Waals surface area contributed by atoms with Crippen LogP contribution in [0.2, 0.25) is 0 Å². The number of fused-ring (bicyclic) bond motifs is 2. The van der Waals surface area contributed by atoms with Crippen molar-refractivity contribution in [3.8, 4) is 0 Å². The standard InChI is InChI=1S/C14H4Br2N6O10/c15-3-1-5(19(25)26)7-9(11(3)17-21(29)30)14(24)8-6(20(27)28)2-4(16)12(18-22(31)32)10(8)13(7)23/h1-2,17-18H. The number of ketones is 2. The molecule has 0 spiro atoms. The maximum atomic E-state index is 13.3. The number of carbonyl (C=O) groups excluding carboxylic acids is 2. The molecular formula is C14H4Br2N6O10. The van der Waals surface area contributed by atoms with E-state index in [4.69, 9.17) is 0 Å². The minimum Gasteiger partial charge on any atom is -0.288 e. The Labute approximate surface area is 190 Å². The monoisotopic (exact) mass is 574 g/mol. The number of halogens is 2. The Bertz CT molecular complexity index is 1210. The lowest BCUT2D eigenvalue weighted by molar-refractivity contribution is -0.445. The number of hydrogen-bond acceptors (Lipinski definition) is 10. The van der Waals surface area contributed by atoms with E-state index in [0.29, 0.717) is 12.1 Å². The summed E-state index contributed by atoms with van der Waals surface area (Å²) >= 11 is 5.68. The van der Waals surface area contributed by atoms with Crippen molar-refractivity contribution < 1.29 is 29.5 Å². The van der Waals surface area contributed by atoms with Crippen LogP contribution >= 0.6 is 31.9 Å². The quantitative estimate of drug-likeness (QED) is 0.319. The molecule has 18 heteroatoms. The topological polar surface area (TPSA) is 231 Å².